The summed E-state index contributed by atoms with van der Waals surface area (Å²) in [5.41, 5.74) is 2.33. The number of piperazine rings is 1. The van der Waals surface area contributed by atoms with Gasteiger partial charge in [-0.2, -0.15) is 0 Å². The van der Waals surface area contributed by atoms with Crippen LogP contribution in [0.1, 0.15) is 11.5 Å². The Labute approximate surface area is 229 Å². The summed E-state index contributed by atoms with van der Waals surface area (Å²) in [6.07, 6.45) is 0. The van der Waals surface area contributed by atoms with E-state index in [0.717, 1.165) is 37.4 Å². The maximum atomic E-state index is 13.2. The molecule has 4 aromatic rings. The lowest BCUT2D eigenvalue weighted by atomic mass is 10.2. The van der Waals surface area contributed by atoms with E-state index < -0.39 is 10.0 Å². The van der Waals surface area contributed by atoms with Crippen LogP contribution < -0.4 is 10.0 Å². The van der Waals surface area contributed by atoms with E-state index in [0.29, 0.717) is 28.6 Å². The van der Waals surface area contributed by atoms with Gasteiger partial charge in [-0.25, -0.2) is 17.9 Å². The number of primary sulfonamides is 1. The van der Waals surface area contributed by atoms with E-state index in [1.54, 1.807) is 18.2 Å². The summed E-state index contributed by atoms with van der Waals surface area (Å²) in [5.74, 6) is 0.819. The summed E-state index contributed by atoms with van der Waals surface area (Å²) < 4.78 is 43.9. The van der Waals surface area contributed by atoms with Crippen LogP contribution in [0.25, 0.3) is 11.5 Å². The summed E-state index contributed by atoms with van der Waals surface area (Å²) in [6.45, 7) is 3.52. The number of aromatic nitrogens is 2. The standard InChI is InChI=1S/C26H25ClFN5O3S2/c27-22-15-23(37-17-18-4-2-1-3-5-18)24(38(29,34)35)14-21(22)26-31-30-25(36-26)16-32-10-12-33(13-11-32)20-8-6-19(28)7-9-20/h1-9,14-15H,10-13,16-17H2,(H2,29,34,35). The minimum absolute atomic E-state index is 0.0468. The van der Waals surface area contributed by atoms with Gasteiger partial charge in [0.1, 0.15) is 5.82 Å². The van der Waals surface area contributed by atoms with Gasteiger partial charge in [0.2, 0.25) is 21.8 Å². The van der Waals surface area contributed by atoms with Gasteiger partial charge in [0.15, 0.2) is 0 Å². The number of nitrogens with zero attached hydrogens (tertiary/aromatic N) is 4. The van der Waals surface area contributed by atoms with Gasteiger partial charge in [-0.05, 0) is 42.0 Å². The third-order valence-electron chi connectivity index (χ3n) is 6.20. The summed E-state index contributed by atoms with van der Waals surface area (Å²) >= 11 is 7.87. The number of rotatable bonds is 8. The second-order valence-electron chi connectivity index (χ2n) is 8.84. The van der Waals surface area contributed by atoms with Gasteiger partial charge in [-0.3, -0.25) is 4.90 Å². The van der Waals surface area contributed by atoms with Gasteiger partial charge in [0.05, 0.1) is 22.0 Å². The molecular formula is C26H25ClFN5O3S2. The van der Waals surface area contributed by atoms with Gasteiger partial charge >= 0.3 is 0 Å². The highest BCUT2D eigenvalue weighted by Crippen LogP contribution is 2.37. The van der Waals surface area contributed by atoms with Crippen molar-refractivity contribution in [1.82, 2.24) is 15.1 Å². The van der Waals surface area contributed by atoms with E-state index >= 15 is 0 Å². The Balaban J connectivity index is 1.28. The first-order valence-corrected chi connectivity index (χ1v) is 14.8. The molecule has 0 saturated carbocycles. The minimum atomic E-state index is -4.03. The molecule has 0 aliphatic carbocycles. The van der Waals surface area contributed by atoms with Crippen LogP contribution >= 0.6 is 23.4 Å². The summed E-state index contributed by atoms with van der Waals surface area (Å²) in [4.78, 5) is 4.78. The smallest absolute Gasteiger partial charge is 0.249 e. The molecule has 2 heterocycles. The quantitative estimate of drug-likeness (QED) is 0.300. The zero-order valence-electron chi connectivity index (χ0n) is 20.3. The molecule has 3 aromatic carbocycles. The lowest BCUT2D eigenvalue weighted by Crippen LogP contribution is -2.46. The van der Waals surface area contributed by atoms with Crippen molar-refractivity contribution < 1.29 is 17.2 Å². The number of thioether (sulfide) groups is 1. The van der Waals surface area contributed by atoms with Crippen LogP contribution in [0.5, 0.6) is 0 Å². The van der Waals surface area contributed by atoms with Crippen molar-refractivity contribution in [1.29, 1.82) is 0 Å². The Morgan fingerprint density at radius 3 is 2.39 bits per heavy atom. The highest BCUT2D eigenvalue weighted by Gasteiger charge is 2.23. The van der Waals surface area contributed by atoms with Crippen molar-refractivity contribution in [3.05, 3.63) is 89.0 Å². The van der Waals surface area contributed by atoms with E-state index in [4.69, 9.17) is 21.2 Å². The normalized spacial score (nSPS) is 14.7. The van der Waals surface area contributed by atoms with E-state index in [9.17, 15) is 12.8 Å². The van der Waals surface area contributed by atoms with Crippen molar-refractivity contribution in [2.45, 2.75) is 22.1 Å². The van der Waals surface area contributed by atoms with Gasteiger partial charge in [-0.1, -0.05) is 41.9 Å². The molecule has 1 aromatic heterocycles. The zero-order chi connectivity index (χ0) is 26.7. The topological polar surface area (TPSA) is 106 Å². The average molecular weight is 574 g/mol. The van der Waals surface area contributed by atoms with Gasteiger partial charge < -0.3 is 9.32 Å². The average Bonchev–Trinajstić information content (AvgIpc) is 3.36. The van der Waals surface area contributed by atoms with Crippen molar-refractivity contribution >= 4 is 39.1 Å². The Morgan fingerprint density at radius 2 is 1.71 bits per heavy atom. The van der Waals surface area contributed by atoms with Crippen LogP contribution in [-0.2, 0) is 22.3 Å². The van der Waals surface area contributed by atoms with E-state index in [1.165, 1.54) is 30.0 Å². The molecule has 1 aliphatic rings. The molecule has 0 radical (unpaired) electrons. The molecular weight excluding hydrogens is 549 g/mol. The van der Waals surface area contributed by atoms with E-state index in [-0.39, 0.29) is 21.6 Å². The Bertz CT molecular complexity index is 1510. The first kappa shape index (κ1) is 26.6. The fourth-order valence-corrected chi connectivity index (χ4v) is 6.58. The number of benzene rings is 3. The van der Waals surface area contributed by atoms with Gasteiger partial charge in [-0.15, -0.1) is 22.0 Å². The number of anilines is 1. The fraction of sp³-hybridized carbons (Fsp3) is 0.231. The van der Waals surface area contributed by atoms with Crippen molar-refractivity contribution in [3.8, 4) is 11.5 Å². The third kappa shape index (κ3) is 6.36. The molecule has 38 heavy (non-hydrogen) atoms. The van der Waals surface area contributed by atoms with Gasteiger partial charge in [0.25, 0.3) is 0 Å². The second-order valence-corrected chi connectivity index (χ2v) is 11.8. The number of nitrogens with two attached hydrogens (primary N) is 1. The molecule has 0 spiro atoms. The van der Waals surface area contributed by atoms with Crippen LogP contribution in [0.2, 0.25) is 5.02 Å². The van der Waals surface area contributed by atoms with E-state index in [2.05, 4.69) is 20.0 Å². The molecule has 1 aliphatic heterocycles. The number of hydrogen-bond acceptors (Lipinski definition) is 8. The second kappa shape index (κ2) is 11.4. The fourth-order valence-electron chi connectivity index (χ4n) is 4.20. The molecule has 0 amide bonds. The number of halogens is 2. The molecule has 5 rings (SSSR count). The van der Waals surface area contributed by atoms with Gasteiger partial charge in [0, 0.05) is 42.5 Å². The summed E-state index contributed by atoms with van der Waals surface area (Å²) in [7, 11) is -4.03. The van der Waals surface area contributed by atoms with Crippen LogP contribution in [0.4, 0.5) is 10.1 Å². The summed E-state index contributed by atoms with van der Waals surface area (Å²) in [5, 5.41) is 14.1. The predicted octanol–water partition coefficient (Wildman–Crippen LogP) is 4.79. The van der Waals surface area contributed by atoms with Crippen LogP contribution in [-0.4, -0.2) is 49.7 Å². The first-order chi connectivity index (χ1) is 18.3. The first-order valence-electron chi connectivity index (χ1n) is 11.8. The van der Waals surface area contributed by atoms with Crippen LogP contribution in [0.3, 0.4) is 0 Å². The lowest BCUT2D eigenvalue weighted by Gasteiger charge is -2.35. The highest BCUT2D eigenvalue weighted by molar-refractivity contribution is 7.99. The molecule has 12 heteroatoms. The SMILES string of the molecule is NS(=O)(=O)c1cc(-c2nnc(CN3CCN(c4ccc(F)cc4)CC3)o2)c(Cl)cc1SCc1ccccc1. The number of hydrogen-bond donors (Lipinski definition) is 1. The van der Waals surface area contributed by atoms with Crippen molar-refractivity contribution in [2.24, 2.45) is 5.14 Å². The molecule has 8 nitrogen and oxygen atoms in total. The molecule has 0 unspecified atom stereocenters. The minimum Gasteiger partial charge on any atom is -0.419 e. The lowest BCUT2D eigenvalue weighted by molar-refractivity contribution is 0.227. The largest absolute Gasteiger partial charge is 0.419 e. The molecule has 198 valence electrons. The van der Waals surface area contributed by atoms with E-state index in [1.807, 2.05) is 30.3 Å². The maximum Gasteiger partial charge on any atom is 0.249 e. The molecule has 2 N–H and O–H groups in total. The van der Waals surface area contributed by atoms with Crippen molar-refractivity contribution in [2.75, 3.05) is 31.1 Å². The van der Waals surface area contributed by atoms with Crippen molar-refractivity contribution in [3.63, 3.8) is 0 Å². The predicted molar refractivity (Wildman–Crippen MR) is 146 cm³/mol. The monoisotopic (exact) mass is 573 g/mol. The zero-order valence-corrected chi connectivity index (χ0v) is 22.6. The van der Waals surface area contributed by atoms with Crippen LogP contribution in [0, 0.1) is 5.82 Å². The Kier molecular flexibility index (Phi) is 8.01. The van der Waals surface area contributed by atoms with Crippen LogP contribution in [0.15, 0.2) is 80.9 Å². The molecule has 0 atom stereocenters. The third-order valence-corrected chi connectivity index (χ3v) is 8.72. The summed E-state index contributed by atoms with van der Waals surface area (Å²) in [6, 6.07) is 19.1. The maximum absolute atomic E-state index is 13.2. The number of sulfonamides is 1. The highest BCUT2D eigenvalue weighted by atomic mass is 35.5. The molecule has 0 bridgehead atoms. The Morgan fingerprint density at radius 1 is 1.00 bits per heavy atom. The molecule has 1 saturated heterocycles. The Hall–Kier alpha value is -2.96. The molecule has 1 fully saturated rings.